The normalized spacial score (nSPS) is 13.8. The standard InChI is InChI=1S/C33H43N3O7S2/c1-21(2)28(37)35-32(4,19-44-17-23-9-13-25(40-6)14-10-23)30(39)36-33(5,31-34-27(22(3)43-31)29(38)42-8)20-45-18-24-11-15-26(41-7)16-12-24/h9-16,21H,17-20H2,1-8H3,(H,35,37)(H,36,39)/t32-,33-/m0/s1. The smallest absolute Gasteiger partial charge is 0.360 e. The van der Waals surface area contributed by atoms with Crippen molar-refractivity contribution in [3.63, 3.8) is 0 Å². The van der Waals surface area contributed by atoms with E-state index in [0.717, 1.165) is 22.6 Å². The van der Waals surface area contributed by atoms with Crippen LogP contribution in [0.5, 0.6) is 11.5 Å². The fraction of sp³-hybridized carbons (Fsp3) is 0.455. The van der Waals surface area contributed by atoms with Gasteiger partial charge in [0.2, 0.25) is 17.7 Å². The number of methoxy groups -OCH3 is 3. The zero-order chi connectivity index (χ0) is 33.2. The minimum absolute atomic E-state index is 0.0408. The van der Waals surface area contributed by atoms with Gasteiger partial charge in [0.05, 0.1) is 21.3 Å². The lowest BCUT2D eigenvalue weighted by molar-refractivity contribution is -0.134. The lowest BCUT2D eigenvalue weighted by Crippen LogP contribution is -2.63. The fourth-order valence-electron chi connectivity index (χ4n) is 4.22. The number of ether oxygens (including phenoxy) is 3. The van der Waals surface area contributed by atoms with Gasteiger partial charge in [-0.25, -0.2) is 9.78 Å². The second-order valence-electron chi connectivity index (χ2n) is 11.4. The van der Waals surface area contributed by atoms with E-state index >= 15 is 0 Å². The molecule has 0 spiro atoms. The van der Waals surface area contributed by atoms with E-state index in [9.17, 15) is 14.4 Å². The number of oxazole rings is 1. The number of esters is 1. The summed E-state index contributed by atoms with van der Waals surface area (Å²) in [5, 5.41) is 6.10. The summed E-state index contributed by atoms with van der Waals surface area (Å²) < 4.78 is 21.3. The predicted molar refractivity (Wildman–Crippen MR) is 178 cm³/mol. The number of benzene rings is 2. The summed E-state index contributed by atoms with van der Waals surface area (Å²) >= 11 is 3.10. The highest BCUT2D eigenvalue weighted by Crippen LogP contribution is 2.31. The Hall–Kier alpha value is -3.64. The van der Waals surface area contributed by atoms with Crippen LogP contribution < -0.4 is 20.1 Å². The number of nitrogens with zero attached hydrogens (tertiary/aromatic N) is 1. The van der Waals surface area contributed by atoms with E-state index in [1.54, 1.807) is 60.6 Å². The molecule has 0 unspecified atom stereocenters. The van der Waals surface area contributed by atoms with Gasteiger partial charge in [-0.2, -0.15) is 23.5 Å². The Kier molecular flexibility index (Phi) is 12.8. The molecule has 0 aliphatic carbocycles. The minimum Gasteiger partial charge on any atom is -0.497 e. The molecule has 0 saturated heterocycles. The number of aromatic nitrogens is 1. The molecule has 0 aliphatic heterocycles. The highest BCUT2D eigenvalue weighted by molar-refractivity contribution is 7.98. The molecule has 3 aromatic rings. The molecule has 2 N–H and O–H groups in total. The summed E-state index contributed by atoms with van der Waals surface area (Å²) in [5.41, 5.74) is -0.247. The van der Waals surface area contributed by atoms with Crippen molar-refractivity contribution in [2.45, 2.75) is 57.2 Å². The second kappa shape index (κ2) is 16.1. The number of carbonyl (C=O) groups excluding carboxylic acids is 3. The number of thioether (sulfide) groups is 2. The fourth-order valence-corrected chi connectivity index (χ4v) is 6.50. The molecule has 2 aromatic carbocycles. The molecule has 10 nitrogen and oxygen atoms in total. The van der Waals surface area contributed by atoms with Gasteiger partial charge >= 0.3 is 5.97 Å². The third-order valence-corrected chi connectivity index (χ3v) is 9.74. The first-order chi connectivity index (χ1) is 21.3. The Balaban J connectivity index is 1.87. The van der Waals surface area contributed by atoms with Crippen LogP contribution in [-0.4, -0.2) is 61.1 Å². The number of nitrogens with one attached hydrogen (secondary N) is 2. The molecule has 1 heterocycles. The molecular weight excluding hydrogens is 615 g/mol. The Morgan fingerprint density at radius 1 is 0.844 bits per heavy atom. The Morgan fingerprint density at radius 3 is 1.82 bits per heavy atom. The average molecular weight is 658 g/mol. The first-order valence-corrected chi connectivity index (χ1v) is 16.8. The van der Waals surface area contributed by atoms with Gasteiger partial charge in [-0.05, 0) is 56.2 Å². The Morgan fingerprint density at radius 2 is 1.36 bits per heavy atom. The van der Waals surface area contributed by atoms with Crippen LogP contribution in [0, 0.1) is 12.8 Å². The van der Waals surface area contributed by atoms with E-state index in [0.29, 0.717) is 23.0 Å². The molecule has 3 rings (SSSR count). The number of carbonyl (C=O) groups is 3. The highest BCUT2D eigenvalue weighted by Gasteiger charge is 2.42. The van der Waals surface area contributed by atoms with Crippen molar-refractivity contribution in [2.75, 3.05) is 32.8 Å². The van der Waals surface area contributed by atoms with Crippen LogP contribution in [0.15, 0.2) is 52.9 Å². The number of amides is 2. The summed E-state index contributed by atoms with van der Waals surface area (Å²) in [6.07, 6.45) is 0. The van der Waals surface area contributed by atoms with Gasteiger partial charge in [0.1, 0.15) is 28.3 Å². The number of hydrogen-bond donors (Lipinski definition) is 2. The van der Waals surface area contributed by atoms with Crippen LogP contribution in [0.25, 0.3) is 0 Å². The summed E-state index contributed by atoms with van der Waals surface area (Å²) in [5.74, 6) is 2.29. The van der Waals surface area contributed by atoms with E-state index in [4.69, 9.17) is 18.6 Å². The summed E-state index contributed by atoms with van der Waals surface area (Å²) in [4.78, 5) is 43.9. The third kappa shape index (κ3) is 9.67. The molecular formula is C33H43N3O7S2. The van der Waals surface area contributed by atoms with Crippen molar-refractivity contribution in [2.24, 2.45) is 5.92 Å². The topological polar surface area (TPSA) is 129 Å². The van der Waals surface area contributed by atoms with Crippen molar-refractivity contribution in [1.82, 2.24) is 15.6 Å². The first-order valence-electron chi connectivity index (χ1n) is 14.5. The van der Waals surface area contributed by atoms with Crippen molar-refractivity contribution in [3.8, 4) is 11.5 Å². The summed E-state index contributed by atoms with van der Waals surface area (Å²) in [6, 6.07) is 15.5. The van der Waals surface area contributed by atoms with Crippen LogP contribution in [0.2, 0.25) is 0 Å². The predicted octanol–water partition coefficient (Wildman–Crippen LogP) is 5.52. The van der Waals surface area contributed by atoms with Gasteiger partial charge in [-0.15, -0.1) is 0 Å². The minimum atomic E-state index is -1.27. The zero-order valence-electron chi connectivity index (χ0n) is 27.1. The Bertz CT molecular complexity index is 1440. The van der Waals surface area contributed by atoms with Crippen molar-refractivity contribution in [3.05, 3.63) is 77.0 Å². The lowest BCUT2D eigenvalue weighted by Gasteiger charge is -2.35. The summed E-state index contributed by atoms with van der Waals surface area (Å²) in [6.45, 7) is 8.70. The van der Waals surface area contributed by atoms with Crippen LogP contribution in [-0.2, 0) is 31.4 Å². The molecule has 0 bridgehead atoms. The number of rotatable bonds is 16. The maximum Gasteiger partial charge on any atom is 0.360 e. The third-order valence-electron chi connectivity index (χ3n) is 7.10. The molecule has 244 valence electrons. The molecule has 0 aliphatic rings. The van der Waals surface area contributed by atoms with Gasteiger partial charge in [-0.1, -0.05) is 38.1 Å². The van der Waals surface area contributed by atoms with Gasteiger partial charge in [0.25, 0.3) is 0 Å². The van der Waals surface area contributed by atoms with Crippen molar-refractivity contribution in [1.29, 1.82) is 0 Å². The highest BCUT2D eigenvalue weighted by atomic mass is 32.2. The van der Waals surface area contributed by atoms with Crippen LogP contribution in [0.1, 0.15) is 61.0 Å². The molecule has 2 amide bonds. The molecule has 1 aromatic heterocycles. The van der Waals surface area contributed by atoms with Crippen LogP contribution in [0.3, 0.4) is 0 Å². The van der Waals surface area contributed by atoms with Crippen molar-refractivity contribution >= 4 is 41.3 Å². The average Bonchev–Trinajstić information content (AvgIpc) is 3.43. The number of hydrogen-bond acceptors (Lipinski definition) is 10. The van der Waals surface area contributed by atoms with Crippen LogP contribution >= 0.6 is 23.5 Å². The van der Waals surface area contributed by atoms with E-state index in [-0.39, 0.29) is 29.2 Å². The van der Waals surface area contributed by atoms with Gasteiger partial charge < -0.3 is 29.3 Å². The molecule has 45 heavy (non-hydrogen) atoms. The lowest BCUT2D eigenvalue weighted by atomic mass is 9.98. The zero-order valence-corrected chi connectivity index (χ0v) is 28.8. The van der Waals surface area contributed by atoms with E-state index in [1.165, 1.54) is 18.9 Å². The molecule has 0 fully saturated rings. The number of aryl methyl sites for hydroxylation is 1. The van der Waals surface area contributed by atoms with Gasteiger partial charge in [0, 0.05) is 28.9 Å². The first kappa shape index (κ1) is 35.8. The SMILES string of the molecule is COC(=O)c1nc([C@](C)(CSCc2ccc(OC)cc2)NC(=O)[C@](C)(CSCc2ccc(OC)cc2)NC(=O)C(C)C)oc1C. The molecule has 0 radical (unpaired) electrons. The van der Waals surface area contributed by atoms with E-state index in [1.807, 2.05) is 48.5 Å². The van der Waals surface area contributed by atoms with Crippen LogP contribution in [0.4, 0.5) is 0 Å². The van der Waals surface area contributed by atoms with E-state index in [2.05, 4.69) is 15.6 Å². The maximum atomic E-state index is 14.2. The second-order valence-corrected chi connectivity index (χ2v) is 13.3. The van der Waals surface area contributed by atoms with Crippen molar-refractivity contribution < 1.29 is 33.0 Å². The molecule has 2 atom stereocenters. The summed E-state index contributed by atoms with van der Waals surface area (Å²) in [7, 11) is 4.51. The molecule has 0 saturated carbocycles. The molecule has 12 heteroatoms. The maximum absolute atomic E-state index is 14.2. The van der Waals surface area contributed by atoms with Gasteiger partial charge in [0.15, 0.2) is 5.69 Å². The quantitative estimate of drug-likeness (QED) is 0.190. The largest absolute Gasteiger partial charge is 0.497 e. The Labute approximate surface area is 273 Å². The monoisotopic (exact) mass is 657 g/mol. The van der Waals surface area contributed by atoms with E-state index < -0.39 is 23.0 Å². The van der Waals surface area contributed by atoms with Gasteiger partial charge in [-0.3, -0.25) is 9.59 Å².